The van der Waals surface area contributed by atoms with Crippen molar-refractivity contribution in [2.75, 3.05) is 5.73 Å². The number of nitrogens with zero attached hydrogens (tertiary/aromatic N) is 4. The Balaban J connectivity index is 1.39. The standard InChI is InChI=1S/C24H30FN6O6P/c1-12(2)35-23(32)14(4)30-38(34,36-15-8-6-5-7-9-15)37-20-16-13(3)18(19(25)24(16,20)33)31-11-29-17-21(26)27-10-28-22(17)31/h5-14,16,18-20,33H,1-4H3,(H,30,34)(H2,26,27,28)/t13-,14-,16+,18+,19-,20?,24+,38+/m0/s1. The first-order valence-corrected chi connectivity index (χ1v) is 13.8. The summed E-state index contributed by atoms with van der Waals surface area (Å²) in [6.45, 7) is 6.58. The minimum absolute atomic E-state index is 0.162. The Morgan fingerprint density at radius 3 is 2.58 bits per heavy atom. The molecule has 2 aromatic heterocycles. The zero-order valence-corrected chi connectivity index (χ0v) is 22.2. The van der Waals surface area contributed by atoms with Gasteiger partial charge in [-0.05, 0) is 38.8 Å². The number of carbonyl (C=O) groups excluding carboxylic acids is 1. The molecule has 1 aromatic carbocycles. The molecule has 14 heteroatoms. The van der Waals surface area contributed by atoms with Crippen molar-refractivity contribution >= 4 is 30.7 Å². The molecule has 1 unspecified atom stereocenters. The van der Waals surface area contributed by atoms with Gasteiger partial charge in [-0.1, -0.05) is 25.1 Å². The van der Waals surface area contributed by atoms with Crippen LogP contribution in [-0.2, 0) is 18.6 Å². The zero-order chi connectivity index (χ0) is 27.4. The Morgan fingerprint density at radius 1 is 1.24 bits per heavy atom. The first-order valence-electron chi connectivity index (χ1n) is 12.3. The fourth-order valence-electron chi connectivity index (χ4n) is 5.28. The Hall–Kier alpha value is -3.12. The molecule has 204 valence electrons. The lowest BCUT2D eigenvalue weighted by atomic mass is 9.98. The van der Waals surface area contributed by atoms with Crippen molar-refractivity contribution in [3.63, 3.8) is 0 Å². The number of hydrogen-bond donors (Lipinski definition) is 3. The molecule has 2 fully saturated rings. The molecule has 2 saturated carbocycles. The van der Waals surface area contributed by atoms with Crippen molar-refractivity contribution < 1.29 is 32.6 Å². The fraction of sp³-hybridized carbons (Fsp3) is 0.500. The molecule has 0 saturated heterocycles. The molecular formula is C24H30FN6O6P. The summed E-state index contributed by atoms with van der Waals surface area (Å²) in [5, 5.41) is 13.9. The molecule has 38 heavy (non-hydrogen) atoms. The highest BCUT2D eigenvalue weighted by Crippen LogP contribution is 2.68. The molecule has 0 amide bonds. The predicted molar refractivity (Wildman–Crippen MR) is 135 cm³/mol. The van der Waals surface area contributed by atoms with Gasteiger partial charge in [0.15, 0.2) is 17.6 Å². The number of anilines is 1. The molecular weight excluding hydrogens is 518 g/mol. The largest absolute Gasteiger partial charge is 0.462 e. The Bertz CT molecular complexity index is 1390. The monoisotopic (exact) mass is 548 g/mol. The maximum Gasteiger partial charge on any atom is 0.459 e. The molecule has 8 atom stereocenters. The van der Waals surface area contributed by atoms with Crippen LogP contribution < -0.4 is 15.3 Å². The number of nitrogens with one attached hydrogen (secondary N) is 1. The van der Waals surface area contributed by atoms with Gasteiger partial charge in [0.2, 0.25) is 0 Å². The number of nitrogens with two attached hydrogens (primary N) is 1. The van der Waals surface area contributed by atoms with E-state index in [1.54, 1.807) is 51.1 Å². The number of halogens is 1. The maximum absolute atomic E-state index is 16.0. The highest BCUT2D eigenvalue weighted by atomic mass is 31.2. The van der Waals surface area contributed by atoms with Crippen molar-refractivity contribution in [3.05, 3.63) is 43.0 Å². The Labute approximate surface area is 218 Å². The van der Waals surface area contributed by atoms with Crippen molar-refractivity contribution in [2.24, 2.45) is 11.8 Å². The molecule has 3 aromatic rings. The number of aromatic nitrogens is 4. The van der Waals surface area contributed by atoms with Crippen LogP contribution in [-0.4, -0.2) is 60.6 Å². The average Bonchev–Trinajstić information content (AvgIpc) is 3.12. The van der Waals surface area contributed by atoms with Crippen LogP contribution in [0.25, 0.3) is 11.2 Å². The van der Waals surface area contributed by atoms with Crippen LogP contribution in [0.5, 0.6) is 5.75 Å². The van der Waals surface area contributed by atoms with Crippen LogP contribution in [0.1, 0.15) is 33.7 Å². The Morgan fingerprint density at radius 2 is 1.95 bits per heavy atom. The van der Waals surface area contributed by atoms with Gasteiger partial charge in [-0.25, -0.2) is 23.9 Å². The second kappa shape index (κ2) is 9.57. The molecule has 12 nitrogen and oxygen atoms in total. The summed E-state index contributed by atoms with van der Waals surface area (Å²) in [7, 11) is -4.30. The molecule has 4 N–H and O–H groups in total. The quantitative estimate of drug-likeness (QED) is 0.266. The second-order valence-electron chi connectivity index (χ2n) is 10.0. The summed E-state index contributed by atoms with van der Waals surface area (Å²) in [6, 6.07) is 6.31. The minimum atomic E-state index is -4.30. The van der Waals surface area contributed by atoms with Gasteiger partial charge in [0.25, 0.3) is 0 Å². The smallest absolute Gasteiger partial charge is 0.459 e. The molecule has 2 heterocycles. The van der Waals surface area contributed by atoms with Crippen LogP contribution in [0.15, 0.2) is 43.0 Å². The molecule has 0 radical (unpaired) electrons. The molecule has 2 aliphatic carbocycles. The van der Waals surface area contributed by atoms with Crippen molar-refractivity contribution in [1.82, 2.24) is 24.6 Å². The van der Waals surface area contributed by atoms with E-state index >= 15 is 4.39 Å². The SMILES string of the molecule is CC(C)OC(=O)[C@H](C)N[P@@](=O)(Oc1ccccc1)OC1[C@H]2[C@H](C)[C@@H](n3cnc4c(N)ncnc43)[C@H](F)[C@@]12O. The third-order valence-corrected chi connectivity index (χ3v) is 8.70. The first-order chi connectivity index (χ1) is 18.0. The van der Waals surface area contributed by atoms with E-state index in [9.17, 15) is 14.5 Å². The average molecular weight is 549 g/mol. The summed E-state index contributed by atoms with van der Waals surface area (Å²) in [4.78, 5) is 24.7. The van der Waals surface area contributed by atoms with E-state index in [4.69, 9.17) is 19.5 Å². The topological polar surface area (TPSA) is 164 Å². The van der Waals surface area contributed by atoms with Crippen molar-refractivity contribution in [1.29, 1.82) is 0 Å². The van der Waals surface area contributed by atoms with Gasteiger partial charge in [-0.2, -0.15) is 5.09 Å². The van der Waals surface area contributed by atoms with E-state index in [1.165, 1.54) is 24.1 Å². The zero-order valence-electron chi connectivity index (χ0n) is 21.3. The van der Waals surface area contributed by atoms with E-state index < -0.39 is 61.6 Å². The van der Waals surface area contributed by atoms with E-state index in [0.29, 0.717) is 11.2 Å². The number of carbonyl (C=O) groups is 1. The second-order valence-corrected chi connectivity index (χ2v) is 11.7. The van der Waals surface area contributed by atoms with Gasteiger partial charge in [0, 0.05) is 5.92 Å². The van der Waals surface area contributed by atoms with E-state index in [2.05, 4.69) is 20.0 Å². The molecule has 0 bridgehead atoms. The molecule has 2 aliphatic rings. The van der Waals surface area contributed by atoms with Gasteiger partial charge in [0.1, 0.15) is 35.3 Å². The van der Waals surface area contributed by atoms with Gasteiger partial charge in [0.05, 0.1) is 18.5 Å². The van der Waals surface area contributed by atoms with Gasteiger partial charge in [-0.15, -0.1) is 0 Å². The van der Waals surface area contributed by atoms with Gasteiger partial charge >= 0.3 is 13.7 Å². The van der Waals surface area contributed by atoms with E-state index in [-0.39, 0.29) is 11.6 Å². The van der Waals surface area contributed by atoms with Crippen LogP contribution in [0.4, 0.5) is 10.2 Å². The lowest BCUT2D eigenvalue weighted by Crippen LogP contribution is -2.38. The number of fused-ring (bicyclic) bond motifs is 2. The van der Waals surface area contributed by atoms with Crippen molar-refractivity contribution in [2.45, 2.75) is 63.8 Å². The van der Waals surface area contributed by atoms with Crippen LogP contribution in [0.3, 0.4) is 0 Å². The minimum Gasteiger partial charge on any atom is -0.462 e. The lowest BCUT2D eigenvalue weighted by Gasteiger charge is -2.29. The number of hydrogen-bond acceptors (Lipinski definition) is 10. The highest BCUT2D eigenvalue weighted by molar-refractivity contribution is 7.52. The summed E-state index contributed by atoms with van der Waals surface area (Å²) in [6.07, 6.45) is -0.683. The summed E-state index contributed by atoms with van der Waals surface area (Å²) < 4.78 is 48.1. The third kappa shape index (κ3) is 4.43. The number of esters is 1. The summed E-state index contributed by atoms with van der Waals surface area (Å²) in [5.41, 5.74) is 4.60. The third-order valence-electron chi connectivity index (χ3n) is 7.04. The number of aliphatic hydroxyl groups is 1. The fourth-order valence-corrected chi connectivity index (χ4v) is 7.02. The molecule has 5 rings (SSSR count). The number of nitrogen functional groups attached to an aromatic ring is 1. The molecule has 0 aliphatic heterocycles. The number of rotatable bonds is 9. The van der Waals surface area contributed by atoms with Crippen LogP contribution in [0, 0.1) is 11.8 Å². The maximum atomic E-state index is 16.0. The lowest BCUT2D eigenvalue weighted by molar-refractivity contribution is -0.149. The first kappa shape index (κ1) is 26.5. The van der Waals surface area contributed by atoms with Crippen LogP contribution in [0.2, 0.25) is 0 Å². The number of alkyl halides is 1. The number of benzene rings is 1. The summed E-state index contributed by atoms with van der Waals surface area (Å²) >= 11 is 0. The van der Waals surface area contributed by atoms with E-state index in [1.807, 2.05) is 0 Å². The van der Waals surface area contributed by atoms with Gasteiger partial charge in [-0.3, -0.25) is 9.32 Å². The van der Waals surface area contributed by atoms with E-state index in [0.717, 1.165) is 0 Å². The Kier molecular flexibility index (Phi) is 6.67. The number of para-hydroxylation sites is 1. The molecule has 0 spiro atoms. The predicted octanol–water partition coefficient (Wildman–Crippen LogP) is 2.80. The number of ether oxygens (including phenoxy) is 1. The highest BCUT2D eigenvalue weighted by Gasteiger charge is 2.80. The van der Waals surface area contributed by atoms with Crippen molar-refractivity contribution in [3.8, 4) is 5.75 Å². The number of imidazole rings is 1. The van der Waals surface area contributed by atoms with Crippen LogP contribution >= 0.6 is 7.75 Å². The summed E-state index contributed by atoms with van der Waals surface area (Å²) in [5.74, 6) is -1.49. The normalized spacial score (nSPS) is 30.6. The van der Waals surface area contributed by atoms with Gasteiger partial charge < -0.3 is 24.7 Å².